The van der Waals surface area contributed by atoms with Gasteiger partial charge in [0.15, 0.2) is 0 Å². The molecule has 0 N–H and O–H groups in total. The second-order valence-corrected chi connectivity index (χ2v) is 6.46. The standard InChI is InChI=1S/C16H19ClN6O2/c1-12-9-23(14-6-4-13(17)5-7-14)16(25)10-22(12)15(24)3-2-8-21-11-18-19-20-21/h4-7,11-12H,2-3,8-10H2,1H3/t12-/m1/s1. The van der Waals surface area contributed by atoms with Crippen molar-refractivity contribution in [2.75, 3.05) is 18.0 Å². The summed E-state index contributed by atoms with van der Waals surface area (Å²) in [6.07, 6.45) is 2.50. The topological polar surface area (TPSA) is 84.2 Å². The van der Waals surface area contributed by atoms with Gasteiger partial charge in [0, 0.05) is 36.3 Å². The lowest BCUT2D eigenvalue weighted by Gasteiger charge is -2.39. The van der Waals surface area contributed by atoms with Crippen LogP contribution < -0.4 is 4.90 Å². The van der Waals surface area contributed by atoms with Crippen LogP contribution in [0, 0.1) is 0 Å². The Morgan fingerprint density at radius 2 is 2.08 bits per heavy atom. The number of nitrogens with zero attached hydrogens (tertiary/aromatic N) is 6. The van der Waals surface area contributed by atoms with E-state index in [-0.39, 0.29) is 24.4 Å². The molecule has 8 nitrogen and oxygen atoms in total. The molecular weight excluding hydrogens is 344 g/mol. The van der Waals surface area contributed by atoms with Crippen LogP contribution in [0.4, 0.5) is 5.69 Å². The number of aryl methyl sites for hydroxylation is 1. The molecule has 9 heteroatoms. The second-order valence-electron chi connectivity index (χ2n) is 6.03. The van der Waals surface area contributed by atoms with Crippen LogP contribution in [-0.4, -0.2) is 56.1 Å². The van der Waals surface area contributed by atoms with Crippen molar-refractivity contribution in [3.63, 3.8) is 0 Å². The van der Waals surface area contributed by atoms with Crippen LogP contribution in [0.15, 0.2) is 30.6 Å². The molecule has 1 atom stereocenters. The Morgan fingerprint density at radius 1 is 1.32 bits per heavy atom. The molecule has 1 fully saturated rings. The molecule has 0 aliphatic carbocycles. The largest absolute Gasteiger partial charge is 0.329 e. The predicted molar refractivity (Wildman–Crippen MR) is 92.0 cm³/mol. The number of piperazine rings is 1. The zero-order chi connectivity index (χ0) is 17.8. The maximum atomic E-state index is 12.5. The Bertz CT molecular complexity index is 734. The van der Waals surface area contributed by atoms with Crippen LogP contribution in [0.1, 0.15) is 19.8 Å². The van der Waals surface area contributed by atoms with Gasteiger partial charge in [0.1, 0.15) is 12.9 Å². The third kappa shape index (κ3) is 4.14. The summed E-state index contributed by atoms with van der Waals surface area (Å²) >= 11 is 5.90. The molecule has 2 heterocycles. The number of tetrazole rings is 1. The molecule has 2 amide bonds. The summed E-state index contributed by atoms with van der Waals surface area (Å²) in [6.45, 7) is 3.09. The van der Waals surface area contributed by atoms with E-state index < -0.39 is 0 Å². The highest BCUT2D eigenvalue weighted by Gasteiger charge is 2.32. The van der Waals surface area contributed by atoms with Gasteiger partial charge in [-0.3, -0.25) is 9.59 Å². The highest BCUT2D eigenvalue weighted by Crippen LogP contribution is 2.22. The summed E-state index contributed by atoms with van der Waals surface area (Å²) in [7, 11) is 0. The number of amides is 2. The van der Waals surface area contributed by atoms with E-state index in [1.54, 1.807) is 26.6 Å². The molecule has 1 aliphatic rings. The molecule has 25 heavy (non-hydrogen) atoms. The molecule has 1 saturated heterocycles. The van der Waals surface area contributed by atoms with Gasteiger partial charge in [-0.25, -0.2) is 4.68 Å². The number of anilines is 1. The quantitative estimate of drug-likeness (QED) is 0.802. The van der Waals surface area contributed by atoms with E-state index in [0.29, 0.717) is 31.0 Å². The number of hydrogen-bond donors (Lipinski definition) is 0. The third-order valence-corrected chi connectivity index (χ3v) is 4.47. The molecule has 0 bridgehead atoms. The number of aromatic nitrogens is 4. The molecule has 3 rings (SSSR count). The van der Waals surface area contributed by atoms with Crippen molar-refractivity contribution in [3.8, 4) is 0 Å². The van der Waals surface area contributed by atoms with Gasteiger partial charge >= 0.3 is 0 Å². The number of carbonyl (C=O) groups is 2. The van der Waals surface area contributed by atoms with Gasteiger partial charge in [-0.05, 0) is 48.0 Å². The first kappa shape index (κ1) is 17.3. The minimum Gasteiger partial charge on any atom is -0.329 e. The van der Waals surface area contributed by atoms with E-state index in [1.165, 1.54) is 6.33 Å². The molecule has 1 aliphatic heterocycles. The number of benzene rings is 1. The highest BCUT2D eigenvalue weighted by atomic mass is 35.5. The zero-order valence-corrected chi connectivity index (χ0v) is 14.6. The SMILES string of the molecule is C[C@@H]1CN(c2ccc(Cl)cc2)C(=O)CN1C(=O)CCCn1cnnn1. The molecule has 0 saturated carbocycles. The Balaban J connectivity index is 1.56. The maximum Gasteiger partial charge on any atom is 0.246 e. The molecular formula is C16H19ClN6O2. The smallest absolute Gasteiger partial charge is 0.246 e. The lowest BCUT2D eigenvalue weighted by molar-refractivity contribution is -0.139. The molecule has 1 aromatic carbocycles. The molecule has 1 aromatic heterocycles. The lowest BCUT2D eigenvalue weighted by atomic mass is 10.1. The fourth-order valence-electron chi connectivity index (χ4n) is 2.87. The maximum absolute atomic E-state index is 12.5. The summed E-state index contributed by atoms with van der Waals surface area (Å²) in [5.74, 6) is -0.112. The van der Waals surface area contributed by atoms with Crippen LogP contribution in [0.2, 0.25) is 5.02 Å². The Labute approximate surface area is 150 Å². The average Bonchev–Trinajstić information content (AvgIpc) is 3.11. The van der Waals surface area contributed by atoms with E-state index in [0.717, 1.165) is 5.69 Å². The van der Waals surface area contributed by atoms with Crippen molar-refractivity contribution < 1.29 is 9.59 Å². The number of halogens is 1. The van der Waals surface area contributed by atoms with Crippen molar-refractivity contribution >= 4 is 29.1 Å². The van der Waals surface area contributed by atoms with E-state index in [1.807, 2.05) is 19.1 Å². The number of rotatable bonds is 5. The normalized spacial score (nSPS) is 17.8. The van der Waals surface area contributed by atoms with Crippen LogP contribution in [-0.2, 0) is 16.1 Å². The lowest BCUT2D eigenvalue weighted by Crippen LogP contribution is -2.57. The predicted octanol–water partition coefficient (Wildman–Crippen LogP) is 1.37. The van der Waals surface area contributed by atoms with Gasteiger partial charge in [-0.1, -0.05) is 11.6 Å². The first-order valence-electron chi connectivity index (χ1n) is 8.11. The van der Waals surface area contributed by atoms with Crippen molar-refractivity contribution in [3.05, 3.63) is 35.6 Å². The van der Waals surface area contributed by atoms with Gasteiger partial charge < -0.3 is 9.80 Å². The Hall–Kier alpha value is -2.48. The summed E-state index contributed by atoms with van der Waals surface area (Å²) in [5, 5.41) is 11.5. The number of carbonyl (C=O) groups excluding carboxylic acids is 2. The highest BCUT2D eigenvalue weighted by molar-refractivity contribution is 6.30. The van der Waals surface area contributed by atoms with Gasteiger partial charge in [-0.15, -0.1) is 5.10 Å². The minimum atomic E-state index is -0.0887. The van der Waals surface area contributed by atoms with Crippen molar-refractivity contribution in [2.45, 2.75) is 32.4 Å². The van der Waals surface area contributed by atoms with E-state index in [9.17, 15) is 9.59 Å². The van der Waals surface area contributed by atoms with Crippen LogP contribution in [0.25, 0.3) is 0 Å². The van der Waals surface area contributed by atoms with E-state index >= 15 is 0 Å². The van der Waals surface area contributed by atoms with Crippen molar-refractivity contribution in [2.24, 2.45) is 0 Å². The molecule has 0 spiro atoms. The Morgan fingerprint density at radius 3 is 2.76 bits per heavy atom. The zero-order valence-electron chi connectivity index (χ0n) is 13.9. The summed E-state index contributed by atoms with van der Waals surface area (Å²) in [6, 6.07) is 7.10. The van der Waals surface area contributed by atoms with Gasteiger partial charge in [0.05, 0.1) is 0 Å². The summed E-state index contributed by atoms with van der Waals surface area (Å²) in [4.78, 5) is 28.3. The van der Waals surface area contributed by atoms with Crippen molar-refractivity contribution in [1.29, 1.82) is 0 Å². The van der Waals surface area contributed by atoms with E-state index in [2.05, 4.69) is 15.5 Å². The van der Waals surface area contributed by atoms with Crippen molar-refractivity contribution in [1.82, 2.24) is 25.1 Å². The Kier molecular flexibility index (Phi) is 5.28. The molecule has 132 valence electrons. The number of hydrogen-bond acceptors (Lipinski definition) is 5. The fraction of sp³-hybridized carbons (Fsp3) is 0.438. The first-order valence-corrected chi connectivity index (χ1v) is 8.48. The monoisotopic (exact) mass is 362 g/mol. The van der Waals surface area contributed by atoms with Gasteiger partial charge in [0.2, 0.25) is 11.8 Å². The summed E-state index contributed by atoms with van der Waals surface area (Å²) in [5.41, 5.74) is 0.798. The fourth-order valence-corrected chi connectivity index (χ4v) is 3.00. The van der Waals surface area contributed by atoms with Gasteiger partial charge in [-0.2, -0.15) is 0 Å². The minimum absolute atomic E-state index is 0.0234. The third-order valence-electron chi connectivity index (χ3n) is 4.21. The molecule has 2 aromatic rings. The van der Waals surface area contributed by atoms with E-state index in [4.69, 9.17) is 11.6 Å². The molecule has 0 radical (unpaired) electrons. The second kappa shape index (κ2) is 7.60. The molecule has 0 unspecified atom stereocenters. The van der Waals surface area contributed by atoms with Crippen LogP contribution >= 0.6 is 11.6 Å². The average molecular weight is 363 g/mol. The summed E-state index contributed by atoms with van der Waals surface area (Å²) < 4.78 is 1.58. The first-order chi connectivity index (χ1) is 12.0. The van der Waals surface area contributed by atoms with Crippen LogP contribution in [0.3, 0.4) is 0 Å². The van der Waals surface area contributed by atoms with Gasteiger partial charge in [0.25, 0.3) is 0 Å². The van der Waals surface area contributed by atoms with Crippen LogP contribution in [0.5, 0.6) is 0 Å².